The van der Waals surface area contributed by atoms with E-state index in [1.807, 2.05) is 16.3 Å². The molecule has 0 saturated carbocycles. The molecule has 3 rings (SSSR count). The number of nitrogens with zero attached hydrogens (tertiary/aromatic N) is 2. The second kappa shape index (κ2) is 7.94. The third-order valence-corrected chi connectivity index (χ3v) is 5.53. The molecule has 1 fully saturated rings. The van der Waals surface area contributed by atoms with Gasteiger partial charge in [0.1, 0.15) is 0 Å². The summed E-state index contributed by atoms with van der Waals surface area (Å²) < 4.78 is 6.30. The van der Waals surface area contributed by atoms with Crippen LogP contribution < -0.4 is 10.2 Å². The molecule has 25 heavy (non-hydrogen) atoms. The van der Waals surface area contributed by atoms with Gasteiger partial charge in [-0.3, -0.25) is 14.9 Å². The fourth-order valence-corrected chi connectivity index (χ4v) is 4.00. The third-order valence-electron chi connectivity index (χ3n) is 3.83. The van der Waals surface area contributed by atoms with Gasteiger partial charge >= 0.3 is 0 Å². The molecule has 1 amide bonds. The zero-order chi connectivity index (χ0) is 17.8. The first-order valence-corrected chi connectivity index (χ1v) is 9.34. The van der Waals surface area contributed by atoms with Crippen LogP contribution in [0.3, 0.4) is 0 Å². The highest BCUT2D eigenvalue weighted by Crippen LogP contribution is 2.27. The number of anilines is 1. The standard InChI is InChI=1S/C16H16BrN3O4S/c17-11-7-13(25-10-11)9-18-16(21)14-8-12(20(22)23)1-2-15(14)19-3-5-24-6-4-19/h1-2,7-8,10H,3-6,9H2,(H,18,21). The van der Waals surface area contributed by atoms with Crippen molar-refractivity contribution in [2.24, 2.45) is 0 Å². The quantitative estimate of drug-likeness (QED) is 0.587. The van der Waals surface area contributed by atoms with Crippen LogP contribution in [0.15, 0.2) is 34.1 Å². The molecule has 1 aromatic heterocycles. The van der Waals surface area contributed by atoms with Crippen molar-refractivity contribution in [3.63, 3.8) is 0 Å². The summed E-state index contributed by atoms with van der Waals surface area (Å²) in [6.07, 6.45) is 0. The molecular weight excluding hydrogens is 410 g/mol. The highest BCUT2D eigenvalue weighted by molar-refractivity contribution is 9.10. The fraction of sp³-hybridized carbons (Fsp3) is 0.312. The van der Waals surface area contributed by atoms with Crippen molar-refractivity contribution in [3.05, 3.63) is 54.7 Å². The van der Waals surface area contributed by atoms with Gasteiger partial charge in [0.05, 0.1) is 35.9 Å². The highest BCUT2D eigenvalue weighted by Gasteiger charge is 2.22. The minimum atomic E-state index is -0.490. The topological polar surface area (TPSA) is 84.7 Å². The van der Waals surface area contributed by atoms with E-state index in [0.29, 0.717) is 44.1 Å². The maximum absolute atomic E-state index is 12.7. The summed E-state index contributed by atoms with van der Waals surface area (Å²) in [5.74, 6) is -0.324. The number of halogens is 1. The second-order valence-corrected chi connectivity index (χ2v) is 7.38. The summed E-state index contributed by atoms with van der Waals surface area (Å²) >= 11 is 4.91. The van der Waals surface area contributed by atoms with Gasteiger partial charge in [-0.1, -0.05) is 0 Å². The number of nitrogens with one attached hydrogen (secondary N) is 1. The number of amides is 1. The average Bonchev–Trinajstić information content (AvgIpc) is 3.05. The summed E-state index contributed by atoms with van der Waals surface area (Å²) in [7, 11) is 0. The van der Waals surface area contributed by atoms with Crippen LogP contribution in [0.4, 0.5) is 11.4 Å². The molecular formula is C16H16BrN3O4S. The van der Waals surface area contributed by atoms with Crippen LogP contribution in [0.5, 0.6) is 0 Å². The Kier molecular flexibility index (Phi) is 5.67. The average molecular weight is 426 g/mol. The number of carbonyl (C=O) groups is 1. The van der Waals surface area contributed by atoms with Gasteiger partial charge in [-0.2, -0.15) is 0 Å². The number of hydrogen-bond acceptors (Lipinski definition) is 6. The number of rotatable bonds is 5. The molecule has 132 valence electrons. The van der Waals surface area contributed by atoms with Gasteiger partial charge in [0.2, 0.25) is 0 Å². The predicted octanol–water partition coefficient (Wildman–Crippen LogP) is 3.19. The Balaban J connectivity index is 1.83. The first kappa shape index (κ1) is 17.8. The van der Waals surface area contributed by atoms with Crippen molar-refractivity contribution < 1.29 is 14.5 Å². The maximum atomic E-state index is 12.7. The molecule has 0 spiro atoms. The first-order chi connectivity index (χ1) is 12.0. The molecule has 7 nitrogen and oxygen atoms in total. The van der Waals surface area contributed by atoms with Gasteiger partial charge in [0.15, 0.2) is 0 Å². The Labute approximate surface area is 156 Å². The zero-order valence-corrected chi connectivity index (χ0v) is 15.6. The van der Waals surface area contributed by atoms with Gasteiger partial charge in [-0.25, -0.2) is 0 Å². The number of thiophene rings is 1. The molecule has 2 aromatic rings. The molecule has 2 heterocycles. The fourth-order valence-electron chi connectivity index (χ4n) is 2.61. The van der Waals surface area contributed by atoms with E-state index in [1.54, 1.807) is 6.07 Å². The lowest BCUT2D eigenvalue weighted by molar-refractivity contribution is -0.384. The Hall–Kier alpha value is -1.97. The van der Waals surface area contributed by atoms with Crippen LogP contribution >= 0.6 is 27.3 Å². The van der Waals surface area contributed by atoms with Crippen molar-refractivity contribution in [2.75, 3.05) is 31.2 Å². The summed E-state index contributed by atoms with van der Waals surface area (Å²) in [6, 6.07) is 6.34. The van der Waals surface area contributed by atoms with Crippen molar-refractivity contribution in [2.45, 2.75) is 6.54 Å². The minimum Gasteiger partial charge on any atom is -0.378 e. The Morgan fingerprint density at radius 1 is 1.36 bits per heavy atom. The van der Waals surface area contributed by atoms with E-state index in [9.17, 15) is 14.9 Å². The number of hydrogen-bond donors (Lipinski definition) is 1. The molecule has 0 atom stereocenters. The van der Waals surface area contributed by atoms with Crippen molar-refractivity contribution in [1.29, 1.82) is 0 Å². The molecule has 0 aliphatic carbocycles. The van der Waals surface area contributed by atoms with Crippen LogP contribution in [0, 0.1) is 10.1 Å². The number of ether oxygens (including phenoxy) is 1. The summed E-state index contributed by atoms with van der Waals surface area (Å²) in [5.41, 5.74) is 0.909. The molecule has 0 radical (unpaired) electrons. The van der Waals surface area contributed by atoms with Crippen molar-refractivity contribution in [3.8, 4) is 0 Å². The number of morpholine rings is 1. The normalized spacial score (nSPS) is 14.4. The second-order valence-electron chi connectivity index (χ2n) is 5.47. The van der Waals surface area contributed by atoms with Gasteiger partial charge in [0.25, 0.3) is 11.6 Å². The smallest absolute Gasteiger partial charge is 0.270 e. The Morgan fingerprint density at radius 3 is 2.76 bits per heavy atom. The predicted molar refractivity (Wildman–Crippen MR) is 99.3 cm³/mol. The first-order valence-electron chi connectivity index (χ1n) is 7.67. The van der Waals surface area contributed by atoms with E-state index in [0.717, 1.165) is 9.35 Å². The number of non-ortho nitro benzene ring substituents is 1. The lowest BCUT2D eigenvalue weighted by Crippen LogP contribution is -2.37. The number of nitro groups is 1. The van der Waals surface area contributed by atoms with Crippen LogP contribution in [-0.4, -0.2) is 37.1 Å². The number of carbonyl (C=O) groups excluding carboxylic acids is 1. The van der Waals surface area contributed by atoms with Gasteiger partial charge in [0, 0.05) is 40.0 Å². The Bertz CT molecular complexity index is 789. The maximum Gasteiger partial charge on any atom is 0.270 e. The molecule has 1 aromatic carbocycles. The summed E-state index contributed by atoms with van der Waals surface area (Å²) in [5, 5.41) is 15.9. The molecule has 0 bridgehead atoms. The molecule has 1 saturated heterocycles. The van der Waals surface area contributed by atoms with E-state index in [1.165, 1.54) is 23.5 Å². The third kappa shape index (κ3) is 4.36. The van der Waals surface area contributed by atoms with E-state index in [-0.39, 0.29) is 11.6 Å². The van der Waals surface area contributed by atoms with Crippen molar-refractivity contribution >= 4 is 44.5 Å². The molecule has 9 heteroatoms. The highest BCUT2D eigenvalue weighted by atomic mass is 79.9. The zero-order valence-electron chi connectivity index (χ0n) is 13.2. The Morgan fingerprint density at radius 2 is 2.12 bits per heavy atom. The van der Waals surface area contributed by atoms with Gasteiger partial charge in [-0.15, -0.1) is 11.3 Å². The van der Waals surface area contributed by atoms with E-state index in [2.05, 4.69) is 21.2 Å². The van der Waals surface area contributed by atoms with Crippen LogP contribution in [-0.2, 0) is 11.3 Å². The molecule has 1 N–H and O–H groups in total. The summed E-state index contributed by atoms with van der Waals surface area (Å²) in [6.45, 7) is 2.81. The SMILES string of the molecule is O=C(NCc1cc(Br)cs1)c1cc([N+](=O)[O-])ccc1N1CCOCC1. The number of benzene rings is 1. The largest absolute Gasteiger partial charge is 0.378 e. The monoisotopic (exact) mass is 425 g/mol. The minimum absolute atomic E-state index is 0.0963. The van der Waals surface area contributed by atoms with Gasteiger partial charge in [-0.05, 0) is 28.1 Å². The van der Waals surface area contributed by atoms with Crippen LogP contribution in [0.25, 0.3) is 0 Å². The van der Waals surface area contributed by atoms with E-state index < -0.39 is 4.92 Å². The van der Waals surface area contributed by atoms with E-state index >= 15 is 0 Å². The van der Waals surface area contributed by atoms with Crippen LogP contribution in [0.2, 0.25) is 0 Å². The lowest BCUT2D eigenvalue weighted by atomic mass is 10.1. The lowest BCUT2D eigenvalue weighted by Gasteiger charge is -2.30. The molecule has 1 aliphatic heterocycles. The van der Waals surface area contributed by atoms with Crippen LogP contribution in [0.1, 0.15) is 15.2 Å². The molecule has 0 unspecified atom stereocenters. The van der Waals surface area contributed by atoms with Crippen molar-refractivity contribution in [1.82, 2.24) is 5.32 Å². The molecule has 1 aliphatic rings. The van der Waals surface area contributed by atoms with Gasteiger partial charge < -0.3 is 15.0 Å². The summed E-state index contributed by atoms with van der Waals surface area (Å²) in [4.78, 5) is 26.3. The van der Waals surface area contributed by atoms with E-state index in [4.69, 9.17) is 4.74 Å². The number of nitro benzene ring substituents is 1.